The van der Waals surface area contributed by atoms with Gasteiger partial charge in [0.15, 0.2) is 0 Å². The van der Waals surface area contributed by atoms with E-state index in [4.69, 9.17) is 33.8 Å². The van der Waals surface area contributed by atoms with Crippen LogP contribution in [-0.2, 0) is 52.7 Å². The summed E-state index contributed by atoms with van der Waals surface area (Å²) < 4.78 is 0. The number of hydrogen-bond donors (Lipinski definition) is 13. The fraction of sp³-hybridized carbons (Fsp3) is 0.676. The molecule has 0 saturated carbocycles. The van der Waals surface area contributed by atoms with Crippen molar-refractivity contribution in [1.82, 2.24) is 31.9 Å². The largest absolute Gasteiger partial charge is 0.481 e. The van der Waals surface area contributed by atoms with E-state index in [9.17, 15) is 57.8 Å². The highest BCUT2D eigenvalue weighted by atomic mass is 16.4. The van der Waals surface area contributed by atoms with Gasteiger partial charge in [0.1, 0.15) is 36.3 Å². The van der Waals surface area contributed by atoms with E-state index in [0.29, 0.717) is 12.8 Å². The molecular formula is C34H59N11O13. The van der Waals surface area contributed by atoms with Crippen LogP contribution in [0.4, 0.5) is 0 Å². The van der Waals surface area contributed by atoms with Gasteiger partial charge in [-0.15, -0.1) is 0 Å². The molecule has 58 heavy (non-hydrogen) atoms. The monoisotopic (exact) mass is 829 g/mol. The van der Waals surface area contributed by atoms with Crippen LogP contribution in [0, 0.1) is 5.92 Å². The minimum absolute atomic E-state index is 0.0883. The van der Waals surface area contributed by atoms with Crippen LogP contribution in [0.3, 0.4) is 0 Å². The lowest BCUT2D eigenvalue weighted by Crippen LogP contribution is -2.60. The molecule has 8 atom stereocenters. The van der Waals surface area contributed by atoms with Crippen LogP contribution >= 0.6 is 0 Å². The average molecular weight is 830 g/mol. The maximum Gasteiger partial charge on any atom is 0.325 e. The van der Waals surface area contributed by atoms with Crippen LogP contribution in [-0.4, -0.2) is 124 Å². The first-order chi connectivity index (χ1) is 27.0. The standard InChI is InChI=1S/C34H59N11O13/c1-4-16(2)27(33(56)40-17(3)34(57)58)45-31(54)21(10-12-24(38)47)42-29(52)19(7-5-6-14-35)41-30(53)20(9-11-23(37)46)43-32(55)22(15-25(39)48)44-28(51)18(36)8-13-26(49)50/h16-22,27H,4-15,35-36H2,1-3H3,(H2,37,46)(H2,38,47)(H2,39,48)(H,40,56)(H,41,53)(H,42,52)(H,43,55)(H,44,51)(H,45,54)(H,49,50)(H,57,58)/t16-,17-,18-,19-,20-,21-,22-,27-/m0/s1. The minimum Gasteiger partial charge on any atom is -0.481 e. The molecule has 24 nitrogen and oxygen atoms in total. The van der Waals surface area contributed by atoms with Crippen LogP contribution in [0.2, 0.25) is 0 Å². The number of carboxylic acid groups (broad SMARTS) is 2. The van der Waals surface area contributed by atoms with Gasteiger partial charge in [-0.25, -0.2) is 0 Å². The Morgan fingerprint density at radius 1 is 0.534 bits per heavy atom. The second kappa shape index (κ2) is 26.9. The Balaban J connectivity index is 6.50. The Morgan fingerprint density at radius 3 is 1.40 bits per heavy atom. The first-order valence-electron chi connectivity index (χ1n) is 18.6. The Labute approximate surface area is 334 Å². The topological polar surface area (TPSA) is 431 Å². The zero-order chi connectivity index (χ0) is 44.7. The smallest absolute Gasteiger partial charge is 0.325 e. The van der Waals surface area contributed by atoms with Gasteiger partial charge in [0, 0.05) is 19.3 Å². The molecule has 18 N–H and O–H groups in total. The van der Waals surface area contributed by atoms with E-state index in [1.54, 1.807) is 13.8 Å². The summed E-state index contributed by atoms with van der Waals surface area (Å²) >= 11 is 0. The number of nitrogens with one attached hydrogen (secondary N) is 6. The Morgan fingerprint density at radius 2 is 0.983 bits per heavy atom. The lowest BCUT2D eigenvalue weighted by Gasteiger charge is -2.28. The normalized spacial score (nSPS) is 15.0. The van der Waals surface area contributed by atoms with Crippen LogP contribution in [0.15, 0.2) is 0 Å². The predicted molar refractivity (Wildman–Crippen MR) is 203 cm³/mol. The molecule has 0 aliphatic carbocycles. The van der Waals surface area contributed by atoms with Gasteiger partial charge in [0.2, 0.25) is 53.2 Å². The molecule has 0 aliphatic heterocycles. The number of carbonyl (C=O) groups is 11. The molecule has 0 radical (unpaired) electrons. The Hall–Kier alpha value is -5.91. The van der Waals surface area contributed by atoms with Crippen molar-refractivity contribution in [3.8, 4) is 0 Å². The van der Waals surface area contributed by atoms with Gasteiger partial charge < -0.3 is 70.8 Å². The Bertz CT molecular complexity index is 1500. The van der Waals surface area contributed by atoms with Gasteiger partial charge in [-0.05, 0) is 57.9 Å². The third kappa shape index (κ3) is 20.8. The third-order valence-electron chi connectivity index (χ3n) is 8.77. The predicted octanol–water partition coefficient (Wildman–Crippen LogP) is -5.23. The van der Waals surface area contributed by atoms with Crippen molar-refractivity contribution in [3.05, 3.63) is 0 Å². The highest BCUT2D eigenvalue weighted by Crippen LogP contribution is 2.11. The quantitative estimate of drug-likeness (QED) is 0.0301. The summed E-state index contributed by atoms with van der Waals surface area (Å²) in [5.74, 6) is -11.8. The first-order valence-corrected chi connectivity index (χ1v) is 18.6. The second-order valence-corrected chi connectivity index (χ2v) is 13.7. The fourth-order valence-corrected chi connectivity index (χ4v) is 5.11. The summed E-state index contributed by atoms with van der Waals surface area (Å²) in [6.45, 7) is 4.74. The molecule has 0 aromatic rings. The maximum absolute atomic E-state index is 13.8. The average Bonchev–Trinajstić information content (AvgIpc) is 3.13. The van der Waals surface area contributed by atoms with Crippen LogP contribution in [0.1, 0.15) is 91.4 Å². The molecule has 0 aliphatic rings. The van der Waals surface area contributed by atoms with E-state index < -0.39 is 145 Å². The van der Waals surface area contributed by atoms with Gasteiger partial charge in [-0.3, -0.25) is 52.7 Å². The Kier molecular flexibility index (Phi) is 24.1. The van der Waals surface area contributed by atoms with Crippen molar-refractivity contribution in [2.45, 2.75) is 134 Å². The summed E-state index contributed by atoms with van der Waals surface area (Å²) in [6.07, 6.45) is -2.39. The number of carboxylic acids is 2. The first kappa shape index (κ1) is 52.1. The van der Waals surface area contributed by atoms with Crippen molar-refractivity contribution >= 4 is 65.1 Å². The second-order valence-electron chi connectivity index (χ2n) is 13.7. The van der Waals surface area contributed by atoms with Gasteiger partial charge in [0.25, 0.3) is 0 Å². The van der Waals surface area contributed by atoms with E-state index in [-0.39, 0.29) is 32.2 Å². The number of amides is 9. The van der Waals surface area contributed by atoms with Crippen molar-refractivity contribution in [3.63, 3.8) is 0 Å². The maximum atomic E-state index is 13.8. The van der Waals surface area contributed by atoms with E-state index in [1.807, 2.05) is 0 Å². The van der Waals surface area contributed by atoms with Crippen molar-refractivity contribution < 1.29 is 63.0 Å². The highest BCUT2D eigenvalue weighted by Gasteiger charge is 2.35. The molecule has 0 rings (SSSR count). The number of aliphatic carboxylic acids is 2. The van der Waals surface area contributed by atoms with Crippen molar-refractivity contribution in [2.75, 3.05) is 6.54 Å². The van der Waals surface area contributed by atoms with Crippen LogP contribution < -0.4 is 60.6 Å². The zero-order valence-electron chi connectivity index (χ0n) is 32.9. The lowest BCUT2D eigenvalue weighted by atomic mass is 9.97. The highest BCUT2D eigenvalue weighted by molar-refractivity contribution is 5.98. The van der Waals surface area contributed by atoms with Crippen LogP contribution in [0.5, 0.6) is 0 Å². The fourth-order valence-electron chi connectivity index (χ4n) is 5.11. The van der Waals surface area contributed by atoms with Gasteiger partial charge >= 0.3 is 11.9 Å². The summed E-state index contributed by atoms with van der Waals surface area (Å²) in [7, 11) is 0. The molecule has 0 aromatic heterocycles. The molecule has 0 aromatic carbocycles. The molecule has 0 saturated heterocycles. The van der Waals surface area contributed by atoms with Crippen molar-refractivity contribution in [1.29, 1.82) is 0 Å². The summed E-state index contributed by atoms with van der Waals surface area (Å²) in [6, 6.07) is -10.3. The minimum atomic E-state index is -1.72. The molecule has 0 bridgehead atoms. The molecule has 24 heteroatoms. The van der Waals surface area contributed by atoms with Crippen molar-refractivity contribution in [2.24, 2.45) is 34.6 Å². The third-order valence-corrected chi connectivity index (χ3v) is 8.77. The zero-order valence-corrected chi connectivity index (χ0v) is 32.9. The van der Waals surface area contributed by atoms with Gasteiger partial charge in [0.05, 0.1) is 12.5 Å². The molecule has 0 fully saturated rings. The van der Waals surface area contributed by atoms with Gasteiger partial charge in [-0.2, -0.15) is 0 Å². The number of carbonyl (C=O) groups excluding carboxylic acids is 9. The number of unbranched alkanes of at least 4 members (excludes halogenated alkanes) is 1. The van der Waals surface area contributed by atoms with E-state index in [0.717, 1.165) is 0 Å². The molecule has 328 valence electrons. The molecule has 0 spiro atoms. The number of primary amides is 3. The number of hydrogen-bond acceptors (Lipinski definition) is 13. The molecule has 9 amide bonds. The summed E-state index contributed by atoms with van der Waals surface area (Å²) in [5, 5.41) is 32.2. The molecule has 0 heterocycles. The molecular weight excluding hydrogens is 770 g/mol. The van der Waals surface area contributed by atoms with E-state index >= 15 is 0 Å². The van der Waals surface area contributed by atoms with E-state index in [2.05, 4.69) is 31.9 Å². The summed E-state index contributed by atoms with van der Waals surface area (Å²) in [4.78, 5) is 137. The number of rotatable bonds is 30. The summed E-state index contributed by atoms with van der Waals surface area (Å²) in [5.41, 5.74) is 27.1. The SMILES string of the molecule is CC[C@H](C)[C@H](NC(=O)[C@H](CCC(N)=O)NC(=O)[C@H](CCCCN)NC(=O)[C@H](CCC(N)=O)NC(=O)[C@H](CC(N)=O)NC(=O)[C@@H](N)CCC(=O)O)C(=O)N[C@@H](C)C(=O)O. The van der Waals surface area contributed by atoms with Gasteiger partial charge in [-0.1, -0.05) is 20.3 Å². The molecule has 0 unspecified atom stereocenters. The number of nitrogens with two attached hydrogens (primary N) is 5. The van der Waals surface area contributed by atoms with E-state index in [1.165, 1.54) is 6.92 Å². The van der Waals surface area contributed by atoms with Crippen LogP contribution in [0.25, 0.3) is 0 Å². The lowest BCUT2D eigenvalue weighted by molar-refractivity contribution is -0.142.